The molecule has 0 aliphatic rings. The van der Waals surface area contributed by atoms with Gasteiger partial charge in [0.25, 0.3) is 0 Å². The van der Waals surface area contributed by atoms with Gasteiger partial charge in [-0.1, -0.05) is 0 Å². The van der Waals surface area contributed by atoms with Crippen LogP contribution in [0.2, 0.25) is 0 Å². The second kappa shape index (κ2) is 4.93. The van der Waals surface area contributed by atoms with Crippen LogP contribution in [0.25, 0.3) is 0 Å². The Morgan fingerprint density at radius 3 is 2.06 bits per heavy atom. The Morgan fingerprint density at radius 2 is 1.65 bits per heavy atom. The molecule has 0 unspecified atom stereocenters. The number of carbonyl (C=O) groups is 2. The van der Waals surface area contributed by atoms with Gasteiger partial charge in [-0.25, -0.2) is 13.2 Å². The van der Waals surface area contributed by atoms with E-state index in [0.29, 0.717) is 0 Å². The lowest BCUT2D eigenvalue weighted by Gasteiger charge is -2.04. The molecule has 0 heterocycles. The van der Waals surface area contributed by atoms with E-state index in [1.54, 1.807) is 0 Å². The molecule has 0 aromatic heterocycles. The summed E-state index contributed by atoms with van der Waals surface area (Å²) in [6.07, 6.45) is 0. The van der Waals surface area contributed by atoms with E-state index < -0.39 is 28.5 Å². The zero-order valence-electron chi connectivity index (χ0n) is 8.45. The SMILES string of the molecule is O=C(O)CNS(=O)(=O)c1ccc(C(=O)O)cc1. The monoisotopic (exact) mass is 259 g/mol. The van der Waals surface area contributed by atoms with Crippen LogP contribution in [0.1, 0.15) is 10.4 Å². The van der Waals surface area contributed by atoms with Crippen molar-refractivity contribution in [3.05, 3.63) is 29.8 Å². The minimum atomic E-state index is -3.92. The first-order chi connectivity index (χ1) is 7.83. The molecule has 0 saturated carbocycles. The molecule has 0 fully saturated rings. The molecular weight excluding hydrogens is 250 g/mol. The second-order valence-corrected chi connectivity index (χ2v) is 4.81. The third-order valence-corrected chi connectivity index (χ3v) is 3.24. The van der Waals surface area contributed by atoms with Crippen molar-refractivity contribution < 1.29 is 28.2 Å². The van der Waals surface area contributed by atoms with Crippen molar-refractivity contribution in [2.24, 2.45) is 0 Å². The minimum Gasteiger partial charge on any atom is -0.480 e. The number of aliphatic carboxylic acids is 1. The quantitative estimate of drug-likeness (QED) is 0.670. The van der Waals surface area contributed by atoms with E-state index in [1.165, 1.54) is 0 Å². The number of sulfonamides is 1. The molecule has 3 N–H and O–H groups in total. The van der Waals surface area contributed by atoms with Gasteiger partial charge in [0.1, 0.15) is 6.54 Å². The van der Waals surface area contributed by atoms with Crippen molar-refractivity contribution >= 4 is 22.0 Å². The van der Waals surface area contributed by atoms with Crippen molar-refractivity contribution in [2.75, 3.05) is 6.54 Å². The summed E-state index contributed by atoms with van der Waals surface area (Å²) in [6, 6.07) is 4.43. The molecule has 0 bridgehead atoms. The first-order valence-corrected chi connectivity index (χ1v) is 5.86. The highest BCUT2D eigenvalue weighted by Crippen LogP contribution is 2.10. The zero-order chi connectivity index (χ0) is 13.1. The van der Waals surface area contributed by atoms with Crippen LogP contribution in [0.5, 0.6) is 0 Å². The van der Waals surface area contributed by atoms with Gasteiger partial charge in [-0.15, -0.1) is 0 Å². The first kappa shape index (κ1) is 13.1. The van der Waals surface area contributed by atoms with Gasteiger partial charge in [-0.05, 0) is 24.3 Å². The summed E-state index contributed by atoms with van der Waals surface area (Å²) in [4.78, 5) is 20.6. The fraction of sp³-hybridized carbons (Fsp3) is 0.111. The largest absolute Gasteiger partial charge is 0.480 e. The van der Waals surface area contributed by atoms with E-state index in [-0.39, 0.29) is 10.5 Å². The molecule has 0 aliphatic carbocycles. The predicted molar refractivity (Wildman–Crippen MR) is 56.2 cm³/mol. The van der Waals surface area contributed by atoms with Gasteiger partial charge in [0.05, 0.1) is 10.5 Å². The van der Waals surface area contributed by atoms with Gasteiger partial charge < -0.3 is 10.2 Å². The van der Waals surface area contributed by atoms with E-state index >= 15 is 0 Å². The third kappa shape index (κ3) is 3.54. The van der Waals surface area contributed by atoms with E-state index in [0.717, 1.165) is 24.3 Å². The summed E-state index contributed by atoms with van der Waals surface area (Å²) in [5.41, 5.74) is -0.0535. The summed E-state index contributed by atoms with van der Waals surface area (Å²) < 4.78 is 24.8. The number of hydrogen-bond donors (Lipinski definition) is 3. The molecule has 0 radical (unpaired) electrons. The summed E-state index contributed by atoms with van der Waals surface area (Å²) in [6.45, 7) is -0.733. The number of rotatable bonds is 5. The van der Waals surface area contributed by atoms with E-state index in [1.807, 2.05) is 4.72 Å². The fourth-order valence-corrected chi connectivity index (χ4v) is 1.99. The topological polar surface area (TPSA) is 121 Å². The van der Waals surface area contributed by atoms with Crippen LogP contribution >= 0.6 is 0 Å². The van der Waals surface area contributed by atoms with Crippen molar-refractivity contribution in [1.82, 2.24) is 4.72 Å². The maximum absolute atomic E-state index is 11.5. The zero-order valence-corrected chi connectivity index (χ0v) is 9.27. The van der Waals surface area contributed by atoms with Crippen molar-refractivity contribution in [2.45, 2.75) is 4.90 Å². The highest BCUT2D eigenvalue weighted by atomic mass is 32.2. The number of carboxylic acid groups (broad SMARTS) is 2. The molecule has 17 heavy (non-hydrogen) atoms. The van der Waals surface area contributed by atoms with Gasteiger partial charge in [-0.3, -0.25) is 4.79 Å². The lowest BCUT2D eigenvalue weighted by Crippen LogP contribution is -2.29. The molecular formula is C9H9NO6S. The van der Waals surface area contributed by atoms with Crippen molar-refractivity contribution in [3.63, 3.8) is 0 Å². The molecule has 0 atom stereocenters. The Morgan fingerprint density at radius 1 is 1.12 bits per heavy atom. The molecule has 1 aromatic rings. The minimum absolute atomic E-state index is 0.0535. The average Bonchev–Trinajstić information content (AvgIpc) is 2.27. The molecule has 8 heteroatoms. The average molecular weight is 259 g/mol. The molecule has 0 spiro atoms. The van der Waals surface area contributed by atoms with Gasteiger partial charge in [0, 0.05) is 0 Å². The number of nitrogens with one attached hydrogen (secondary N) is 1. The summed E-state index contributed by atoms with van der Waals surface area (Å²) in [5.74, 6) is -2.48. The first-order valence-electron chi connectivity index (χ1n) is 4.38. The van der Waals surface area contributed by atoms with Crippen LogP contribution in [0.15, 0.2) is 29.2 Å². The predicted octanol–water partition coefficient (Wildman–Crippen LogP) is -0.252. The molecule has 92 valence electrons. The second-order valence-electron chi connectivity index (χ2n) is 3.05. The Kier molecular flexibility index (Phi) is 3.81. The van der Waals surface area contributed by atoms with Crippen molar-refractivity contribution in [3.8, 4) is 0 Å². The Balaban J connectivity index is 2.92. The Labute approximate surface area is 96.7 Å². The highest BCUT2D eigenvalue weighted by molar-refractivity contribution is 7.89. The third-order valence-electron chi connectivity index (χ3n) is 1.82. The van der Waals surface area contributed by atoms with Crippen LogP contribution in [-0.2, 0) is 14.8 Å². The summed E-state index contributed by atoms with van der Waals surface area (Å²) >= 11 is 0. The summed E-state index contributed by atoms with van der Waals surface area (Å²) in [5, 5.41) is 16.9. The normalized spacial score (nSPS) is 11.1. The molecule has 0 amide bonds. The van der Waals surface area contributed by atoms with Gasteiger partial charge in [-0.2, -0.15) is 4.72 Å². The van der Waals surface area contributed by atoms with E-state index in [2.05, 4.69) is 0 Å². The van der Waals surface area contributed by atoms with E-state index in [9.17, 15) is 18.0 Å². The van der Waals surface area contributed by atoms with E-state index in [4.69, 9.17) is 10.2 Å². The molecule has 0 saturated heterocycles. The smallest absolute Gasteiger partial charge is 0.335 e. The number of aromatic carboxylic acids is 1. The lowest BCUT2D eigenvalue weighted by molar-refractivity contribution is -0.135. The van der Waals surface area contributed by atoms with Crippen molar-refractivity contribution in [1.29, 1.82) is 0 Å². The van der Waals surface area contributed by atoms with Crippen LogP contribution in [0.3, 0.4) is 0 Å². The molecule has 7 nitrogen and oxygen atoms in total. The Hall–Kier alpha value is -1.93. The molecule has 0 aliphatic heterocycles. The number of hydrogen-bond acceptors (Lipinski definition) is 4. The molecule has 1 aromatic carbocycles. The highest BCUT2D eigenvalue weighted by Gasteiger charge is 2.15. The standard InChI is InChI=1S/C9H9NO6S/c11-8(12)5-10-17(15,16)7-3-1-6(2-4-7)9(13)14/h1-4,10H,5H2,(H,11,12)(H,13,14). The van der Waals surface area contributed by atoms with Crippen LogP contribution < -0.4 is 4.72 Å². The fourth-order valence-electron chi connectivity index (χ4n) is 1.02. The van der Waals surface area contributed by atoms with Crippen LogP contribution in [0, 0.1) is 0 Å². The van der Waals surface area contributed by atoms with Crippen LogP contribution in [-0.4, -0.2) is 37.1 Å². The van der Waals surface area contributed by atoms with Crippen LogP contribution in [0.4, 0.5) is 0 Å². The summed E-state index contributed by atoms with van der Waals surface area (Å²) in [7, 11) is -3.92. The number of benzene rings is 1. The van der Waals surface area contributed by atoms with Gasteiger partial charge in [0.15, 0.2) is 0 Å². The number of carboxylic acids is 2. The maximum atomic E-state index is 11.5. The lowest BCUT2D eigenvalue weighted by atomic mass is 10.2. The van der Waals surface area contributed by atoms with Gasteiger partial charge >= 0.3 is 11.9 Å². The molecule has 1 rings (SSSR count). The maximum Gasteiger partial charge on any atom is 0.335 e. The van der Waals surface area contributed by atoms with Gasteiger partial charge in [0.2, 0.25) is 10.0 Å². The Bertz CT molecular complexity index is 533.